The zero-order chi connectivity index (χ0) is 14.7. The van der Waals surface area contributed by atoms with E-state index in [4.69, 9.17) is 0 Å². The molecule has 1 aliphatic carbocycles. The summed E-state index contributed by atoms with van der Waals surface area (Å²) in [5.74, 6) is -0.136. The molecule has 0 fully saturated rings. The van der Waals surface area contributed by atoms with Crippen molar-refractivity contribution < 1.29 is 4.39 Å². The lowest BCUT2D eigenvalue weighted by atomic mass is 9.89. The van der Waals surface area contributed by atoms with Gasteiger partial charge in [0.1, 0.15) is 5.82 Å². The van der Waals surface area contributed by atoms with E-state index in [1.165, 1.54) is 48.4 Å². The van der Waals surface area contributed by atoms with Crippen LogP contribution >= 0.6 is 0 Å². The molecule has 1 aliphatic rings. The molecule has 0 amide bonds. The van der Waals surface area contributed by atoms with Crippen molar-refractivity contribution in [1.29, 1.82) is 0 Å². The highest BCUT2D eigenvalue weighted by molar-refractivity contribution is 5.35. The number of halogens is 1. The normalized spacial score (nSPS) is 15.5. The lowest BCUT2D eigenvalue weighted by Gasteiger charge is -2.20. The highest BCUT2D eigenvalue weighted by Crippen LogP contribution is 2.25. The van der Waals surface area contributed by atoms with Crippen LogP contribution in [-0.2, 0) is 19.4 Å². The molecule has 1 nitrogen and oxygen atoms in total. The molecule has 0 saturated heterocycles. The number of fused-ring (bicyclic) bond motifs is 1. The van der Waals surface area contributed by atoms with Gasteiger partial charge >= 0.3 is 0 Å². The standard InChI is InChI=1S/C19H22FN/c1-14(21-13-18-8-4-5-9-19(18)20)16-11-10-15-6-2-3-7-17(15)12-16/h4-5,8-12,14,21H,2-3,6-7,13H2,1H3. The Balaban J connectivity index is 1.68. The van der Waals surface area contributed by atoms with Gasteiger partial charge in [0.05, 0.1) is 0 Å². The highest BCUT2D eigenvalue weighted by atomic mass is 19.1. The van der Waals surface area contributed by atoms with E-state index >= 15 is 0 Å². The number of aryl methyl sites for hydroxylation is 2. The lowest BCUT2D eigenvalue weighted by Crippen LogP contribution is -2.19. The minimum Gasteiger partial charge on any atom is -0.306 e. The van der Waals surface area contributed by atoms with Gasteiger partial charge in [-0.25, -0.2) is 4.39 Å². The summed E-state index contributed by atoms with van der Waals surface area (Å²) in [6, 6.07) is 14.0. The van der Waals surface area contributed by atoms with Crippen molar-refractivity contribution in [2.45, 2.75) is 45.2 Å². The van der Waals surface area contributed by atoms with Crippen LogP contribution in [0.25, 0.3) is 0 Å². The predicted molar refractivity (Wildman–Crippen MR) is 84.7 cm³/mol. The van der Waals surface area contributed by atoms with E-state index in [9.17, 15) is 4.39 Å². The lowest BCUT2D eigenvalue weighted by molar-refractivity contribution is 0.543. The zero-order valence-electron chi connectivity index (χ0n) is 12.5. The van der Waals surface area contributed by atoms with E-state index in [-0.39, 0.29) is 11.9 Å². The minimum atomic E-state index is -0.136. The van der Waals surface area contributed by atoms with E-state index < -0.39 is 0 Å². The Morgan fingerprint density at radius 1 is 1.05 bits per heavy atom. The molecule has 3 rings (SSSR count). The van der Waals surface area contributed by atoms with Crippen LogP contribution < -0.4 is 5.32 Å². The van der Waals surface area contributed by atoms with Crippen LogP contribution in [0.2, 0.25) is 0 Å². The second-order valence-electron chi connectivity index (χ2n) is 5.93. The molecule has 21 heavy (non-hydrogen) atoms. The molecule has 0 aromatic heterocycles. The van der Waals surface area contributed by atoms with Gasteiger partial charge in [0.25, 0.3) is 0 Å². The number of rotatable bonds is 4. The van der Waals surface area contributed by atoms with Gasteiger partial charge in [0.15, 0.2) is 0 Å². The SMILES string of the molecule is CC(NCc1ccccc1F)c1ccc2c(c1)CCCC2. The minimum absolute atomic E-state index is 0.136. The van der Waals surface area contributed by atoms with Gasteiger partial charge in [-0.2, -0.15) is 0 Å². The van der Waals surface area contributed by atoms with Crippen LogP contribution in [0, 0.1) is 5.82 Å². The Morgan fingerprint density at radius 2 is 1.81 bits per heavy atom. The third kappa shape index (κ3) is 3.33. The molecule has 0 bridgehead atoms. The smallest absolute Gasteiger partial charge is 0.127 e. The van der Waals surface area contributed by atoms with Crippen molar-refractivity contribution in [3.8, 4) is 0 Å². The number of hydrogen-bond acceptors (Lipinski definition) is 1. The molecular formula is C19H22FN. The van der Waals surface area contributed by atoms with Gasteiger partial charge < -0.3 is 5.32 Å². The first-order chi connectivity index (χ1) is 10.2. The number of benzene rings is 2. The fourth-order valence-electron chi connectivity index (χ4n) is 3.05. The molecule has 0 aliphatic heterocycles. The Morgan fingerprint density at radius 3 is 2.62 bits per heavy atom. The Kier molecular flexibility index (Phi) is 4.35. The molecule has 1 unspecified atom stereocenters. The second-order valence-corrected chi connectivity index (χ2v) is 5.93. The largest absolute Gasteiger partial charge is 0.306 e. The highest BCUT2D eigenvalue weighted by Gasteiger charge is 2.12. The third-order valence-corrected chi connectivity index (χ3v) is 4.43. The van der Waals surface area contributed by atoms with Crippen LogP contribution in [0.3, 0.4) is 0 Å². The average molecular weight is 283 g/mol. The van der Waals surface area contributed by atoms with E-state index in [1.54, 1.807) is 6.07 Å². The maximum atomic E-state index is 13.6. The molecule has 2 heteroatoms. The van der Waals surface area contributed by atoms with Crippen LogP contribution in [0.1, 0.15) is 48.1 Å². The summed E-state index contributed by atoms with van der Waals surface area (Å²) in [5.41, 5.74) is 5.03. The van der Waals surface area contributed by atoms with Crippen LogP contribution in [0.15, 0.2) is 42.5 Å². The Hall–Kier alpha value is -1.67. The topological polar surface area (TPSA) is 12.0 Å². The molecule has 110 valence electrons. The summed E-state index contributed by atoms with van der Waals surface area (Å²) in [6.45, 7) is 2.70. The van der Waals surface area contributed by atoms with Crippen molar-refractivity contribution in [3.05, 3.63) is 70.5 Å². The summed E-state index contributed by atoms with van der Waals surface area (Å²) in [7, 11) is 0. The molecule has 2 aromatic rings. The molecule has 2 aromatic carbocycles. The molecule has 0 radical (unpaired) electrons. The fourth-order valence-corrected chi connectivity index (χ4v) is 3.05. The molecule has 0 heterocycles. The summed E-state index contributed by atoms with van der Waals surface area (Å²) >= 11 is 0. The van der Waals surface area contributed by atoms with Crippen molar-refractivity contribution in [1.82, 2.24) is 5.32 Å². The summed E-state index contributed by atoms with van der Waals surface area (Å²) in [6.07, 6.45) is 5.02. The first-order valence-electron chi connectivity index (χ1n) is 7.82. The first-order valence-corrected chi connectivity index (χ1v) is 7.82. The Labute approximate surface area is 126 Å². The van der Waals surface area contributed by atoms with Crippen molar-refractivity contribution in [2.24, 2.45) is 0 Å². The maximum Gasteiger partial charge on any atom is 0.127 e. The molecular weight excluding hydrogens is 261 g/mol. The second kappa shape index (κ2) is 6.40. The first kappa shape index (κ1) is 14.3. The van der Waals surface area contributed by atoms with Crippen molar-refractivity contribution in [2.75, 3.05) is 0 Å². The summed E-state index contributed by atoms with van der Waals surface area (Å²) in [5, 5.41) is 3.42. The van der Waals surface area contributed by atoms with E-state index in [2.05, 4.69) is 30.4 Å². The van der Waals surface area contributed by atoms with Crippen LogP contribution in [0.5, 0.6) is 0 Å². The van der Waals surface area contributed by atoms with Gasteiger partial charge in [-0.1, -0.05) is 36.4 Å². The van der Waals surface area contributed by atoms with Gasteiger partial charge in [-0.05, 0) is 55.4 Å². The summed E-state index contributed by atoms with van der Waals surface area (Å²) < 4.78 is 13.6. The quantitative estimate of drug-likeness (QED) is 0.867. The van der Waals surface area contributed by atoms with Gasteiger partial charge in [-0.3, -0.25) is 0 Å². The summed E-state index contributed by atoms with van der Waals surface area (Å²) in [4.78, 5) is 0. The van der Waals surface area contributed by atoms with E-state index in [0.29, 0.717) is 6.54 Å². The molecule has 0 spiro atoms. The molecule has 0 saturated carbocycles. The third-order valence-electron chi connectivity index (χ3n) is 4.43. The van der Waals surface area contributed by atoms with E-state index in [0.717, 1.165) is 5.56 Å². The maximum absolute atomic E-state index is 13.6. The number of nitrogens with one attached hydrogen (secondary N) is 1. The number of hydrogen-bond donors (Lipinski definition) is 1. The molecule has 1 N–H and O–H groups in total. The molecule has 1 atom stereocenters. The van der Waals surface area contributed by atoms with Gasteiger partial charge in [0, 0.05) is 18.2 Å². The zero-order valence-corrected chi connectivity index (χ0v) is 12.5. The predicted octanol–water partition coefficient (Wildman–Crippen LogP) is 4.56. The van der Waals surface area contributed by atoms with Crippen molar-refractivity contribution >= 4 is 0 Å². The van der Waals surface area contributed by atoms with Crippen molar-refractivity contribution in [3.63, 3.8) is 0 Å². The van der Waals surface area contributed by atoms with E-state index in [1.807, 2.05) is 12.1 Å². The van der Waals surface area contributed by atoms with Gasteiger partial charge in [0.2, 0.25) is 0 Å². The monoisotopic (exact) mass is 283 g/mol. The Bertz CT molecular complexity index is 621. The van der Waals surface area contributed by atoms with Crippen LogP contribution in [0.4, 0.5) is 4.39 Å². The van der Waals surface area contributed by atoms with Gasteiger partial charge in [-0.15, -0.1) is 0 Å². The average Bonchev–Trinajstić information content (AvgIpc) is 2.53. The van der Waals surface area contributed by atoms with Crippen LogP contribution in [-0.4, -0.2) is 0 Å². The fraction of sp³-hybridized carbons (Fsp3) is 0.368.